The highest BCUT2D eigenvalue weighted by atomic mass is 19.2. The molecule has 1 fully saturated rings. The number of esters is 1. The van der Waals surface area contributed by atoms with Gasteiger partial charge in [-0.2, -0.15) is 5.10 Å². The molecule has 7 nitrogen and oxygen atoms in total. The van der Waals surface area contributed by atoms with Crippen LogP contribution in [0.25, 0.3) is 0 Å². The molecular formula is C26H23F2N3O4. The Bertz CT molecular complexity index is 1360. The van der Waals surface area contributed by atoms with Crippen molar-refractivity contribution in [2.24, 2.45) is 0 Å². The fourth-order valence-corrected chi connectivity index (χ4v) is 5.20. The summed E-state index contributed by atoms with van der Waals surface area (Å²) in [6.07, 6.45) is 2.32. The fraction of sp³-hybridized carbons (Fsp3) is 0.308. The van der Waals surface area contributed by atoms with Gasteiger partial charge >= 0.3 is 5.97 Å². The molecule has 0 aliphatic carbocycles. The third kappa shape index (κ3) is 3.80. The first kappa shape index (κ1) is 22.9. The van der Waals surface area contributed by atoms with Crippen molar-refractivity contribution in [2.75, 3.05) is 6.54 Å². The van der Waals surface area contributed by atoms with Gasteiger partial charge in [0.2, 0.25) is 11.2 Å². The Morgan fingerprint density at radius 2 is 1.91 bits per heavy atom. The van der Waals surface area contributed by atoms with Crippen LogP contribution in [0.4, 0.5) is 8.78 Å². The monoisotopic (exact) mass is 479 g/mol. The first-order chi connectivity index (χ1) is 16.9. The first-order valence-electron chi connectivity index (χ1n) is 11.5. The number of hydrogen-bond donors (Lipinski definition) is 0. The number of hydrogen-bond acceptors (Lipinski definition) is 5. The Morgan fingerprint density at radius 1 is 1.14 bits per heavy atom. The first-order valence-corrected chi connectivity index (χ1v) is 11.5. The van der Waals surface area contributed by atoms with Gasteiger partial charge in [0.05, 0.1) is 18.3 Å². The number of ether oxygens (including phenoxy) is 1. The van der Waals surface area contributed by atoms with Gasteiger partial charge in [-0.05, 0) is 24.5 Å². The molecule has 0 N–H and O–H groups in total. The molecule has 1 amide bonds. The number of fused-ring (bicyclic) bond motifs is 2. The zero-order chi connectivity index (χ0) is 24.7. The van der Waals surface area contributed by atoms with Crippen LogP contribution in [0.2, 0.25) is 0 Å². The van der Waals surface area contributed by atoms with E-state index < -0.39 is 46.6 Å². The molecule has 3 aromatic rings. The summed E-state index contributed by atoms with van der Waals surface area (Å²) in [5, 5.41) is 4.28. The van der Waals surface area contributed by atoms with Gasteiger partial charge in [-0.3, -0.25) is 14.4 Å². The molecular weight excluding hydrogens is 456 g/mol. The van der Waals surface area contributed by atoms with Crippen LogP contribution in [0, 0.1) is 11.6 Å². The Balaban J connectivity index is 1.79. The Hall–Kier alpha value is -3.88. The lowest BCUT2D eigenvalue weighted by molar-refractivity contribution is -0.134. The van der Waals surface area contributed by atoms with E-state index >= 15 is 4.39 Å². The summed E-state index contributed by atoms with van der Waals surface area (Å²) >= 11 is 0. The highest BCUT2D eigenvalue weighted by molar-refractivity contribution is 5.97. The van der Waals surface area contributed by atoms with Gasteiger partial charge < -0.3 is 9.64 Å². The van der Waals surface area contributed by atoms with E-state index in [1.54, 1.807) is 24.0 Å². The van der Waals surface area contributed by atoms with E-state index in [1.807, 2.05) is 18.2 Å². The number of nitrogens with zero attached hydrogens (tertiary/aromatic N) is 3. The molecule has 180 valence electrons. The Labute approximate surface area is 199 Å². The standard InChI is InChI=1S/C26H23F2N3O4/c1-2-20(33)35-25-19(32)14-29-31-23(18-12-7-13-30(18)26(34)24(25)31)21(15-8-4-3-5-9-15)16-10-6-11-17(27)22(16)28/h3-6,8-11,14,18,21,23H,2,7,12-13H2,1H3/t18-,21-,23-/m1/s1. The minimum absolute atomic E-state index is 0.00625. The highest BCUT2D eigenvalue weighted by Crippen LogP contribution is 2.46. The summed E-state index contributed by atoms with van der Waals surface area (Å²) in [5.41, 5.74) is -0.0427. The molecule has 3 heterocycles. The van der Waals surface area contributed by atoms with E-state index in [0.29, 0.717) is 24.9 Å². The normalized spacial score (nSPS) is 19.7. The lowest BCUT2D eigenvalue weighted by Gasteiger charge is -2.42. The summed E-state index contributed by atoms with van der Waals surface area (Å²) in [7, 11) is 0. The summed E-state index contributed by atoms with van der Waals surface area (Å²) in [6.45, 7) is 2.00. The number of carbonyl (C=O) groups is 2. The second-order valence-corrected chi connectivity index (χ2v) is 8.69. The van der Waals surface area contributed by atoms with Crippen molar-refractivity contribution < 1.29 is 23.1 Å². The largest absolute Gasteiger partial charge is 0.420 e. The number of halogens is 2. The van der Waals surface area contributed by atoms with Crippen molar-refractivity contribution in [2.45, 2.75) is 44.2 Å². The predicted octanol–water partition coefficient (Wildman–Crippen LogP) is 3.83. The van der Waals surface area contributed by atoms with Gasteiger partial charge in [-0.1, -0.05) is 49.4 Å². The van der Waals surface area contributed by atoms with Crippen molar-refractivity contribution >= 4 is 11.9 Å². The van der Waals surface area contributed by atoms with Gasteiger partial charge in [0.25, 0.3) is 5.91 Å². The molecule has 5 rings (SSSR count). The van der Waals surface area contributed by atoms with E-state index in [0.717, 1.165) is 12.3 Å². The number of benzene rings is 2. The molecule has 2 aliphatic heterocycles. The maximum Gasteiger partial charge on any atom is 0.311 e. The van der Waals surface area contributed by atoms with Gasteiger partial charge in [-0.25, -0.2) is 13.5 Å². The summed E-state index contributed by atoms with van der Waals surface area (Å²) in [4.78, 5) is 39.9. The molecule has 0 unspecified atom stereocenters. The molecule has 2 aromatic carbocycles. The third-order valence-electron chi connectivity index (χ3n) is 6.73. The molecule has 0 saturated carbocycles. The van der Waals surface area contributed by atoms with Crippen LogP contribution >= 0.6 is 0 Å². The van der Waals surface area contributed by atoms with Gasteiger partial charge in [0, 0.05) is 24.4 Å². The van der Waals surface area contributed by atoms with Gasteiger partial charge in [0.1, 0.15) is 0 Å². The average molecular weight is 479 g/mol. The van der Waals surface area contributed by atoms with Crippen molar-refractivity contribution in [1.82, 2.24) is 14.7 Å². The molecule has 1 aromatic heterocycles. The van der Waals surface area contributed by atoms with Crippen LogP contribution in [-0.2, 0) is 4.79 Å². The number of amides is 1. The maximum absolute atomic E-state index is 15.2. The molecule has 0 spiro atoms. The Kier molecular flexibility index (Phi) is 5.92. The number of aromatic nitrogens is 2. The topological polar surface area (TPSA) is 81.5 Å². The van der Waals surface area contributed by atoms with E-state index in [1.165, 1.54) is 16.8 Å². The number of carbonyl (C=O) groups excluding carboxylic acids is 2. The van der Waals surface area contributed by atoms with E-state index in [4.69, 9.17) is 4.74 Å². The lowest BCUT2D eigenvalue weighted by atomic mass is 9.79. The van der Waals surface area contributed by atoms with E-state index in [-0.39, 0.29) is 23.7 Å². The number of rotatable bonds is 5. The third-order valence-corrected chi connectivity index (χ3v) is 6.73. The molecule has 0 bridgehead atoms. The van der Waals surface area contributed by atoms with Crippen molar-refractivity contribution in [3.63, 3.8) is 0 Å². The smallest absolute Gasteiger partial charge is 0.311 e. The van der Waals surface area contributed by atoms with Gasteiger partial charge in [-0.15, -0.1) is 0 Å². The second kappa shape index (κ2) is 9.05. The molecule has 9 heteroatoms. The summed E-state index contributed by atoms with van der Waals surface area (Å²) < 4.78 is 36.3. The van der Waals surface area contributed by atoms with Crippen LogP contribution in [-0.4, -0.2) is 39.1 Å². The zero-order valence-corrected chi connectivity index (χ0v) is 19.0. The molecule has 1 saturated heterocycles. The summed E-state index contributed by atoms with van der Waals surface area (Å²) in [5.74, 6) is -4.24. The zero-order valence-electron chi connectivity index (χ0n) is 19.0. The fourth-order valence-electron chi connectivity index (χ4n) is 5.20. The average Bonchev–Trinajstić information content (AvgIpc) is 3.36. The van der Waals surface area contributed by atoms with Crippen LogP contribution < -0.4 is 10.2 Å². The Morgan fingerprint density at radius 3 is 2.66 bits per heavy atom. The van der Waals surface area contributed by atoms with Crippen molar-refractivity contribution in [3.05, 3.63) is 93.4 Å². The van der Waals surface area contributed by atoms with Crippen LogP contribution in [0.5, 0.6) is 5.75 Å². The van der Waals surface area contributed by atoms with Crippen LogP contribution in [0.1, 0.15) is 59.8 Å². The maximum atomic E-state index is 15.2. The molecule has 2 aliphatic rings. The van der Waals surface area contributed by atoms with E-state index in [9.17, 15) is 18.8 Å². The lowest BCUT2D eigenvalue weighted by Crippen LogP contribution is -2.51. The second-order valence-electron chi connectivity index (χ2n) is 8.69. The summed E-state index contributed by atoms with van der Waals surface area (Å²) in [6, 6.07) is 12.0. The SMILES string of the molecule is CCC(=O)Oc1c2n(ncc1=O)[C@@H]([C@H](c1ccccc1)c1cccc(F)c1F)[C@H]1CCCN1C2=O. The van der Waals surface area contributed by atoms with Crippen LogP contribution in [0.15, 0.2) is 59.5 Å². The van der Waals surface area contributed by atoms with Crippen LogP contribution in [0.3, 0.4) is 0 Å². The predicted molar refractivity (Wildman–Crippen MR) is 122 cm³/mol. The molecule has 35 heavy (non-hydrogen) atoms. The molecule has 3 atom stereocenters. The minimum atomic E-state index is -0.983. The molecule has 0 radical (unpaired) electrons. The minimum Gasteiger partial charge on any atom is -0.420 e. The van der Waals surface area contributed by atoms with E-state index in [2.05, 4.69) is 5.10 Å². The van der Waals surface area contributed by atoms with Crippen molar-refractivity contribution in [1.29, 1.82) is 0 Å². The van der Waals surface area contributed by atoms with Crippen molar-refractivity contribution in [3.8, 4) is 5.75 Å². The highest BCUT2D eigenvalue weighted by Gasteiger charge is 2.49. The quantitative estimate of drug-likeness (QED) is 0.520. The van der Waals surface area contributed by atoms with Gasteiger partial charge in [0.15, 0.2) is 17.3 Å².